The fourth-order valence-corrected chi connectivity index (χ4v) is 3.25. The first-order valence-corrected chi connectivity index (χ1v) is 9.14. The number of hydrogen-bond donors (Lipinski definition) is 0. The molecule has 0 aromatic carbocycles. The average molecular weight is 340 g/mol. The van der Waals surface area contributed by atoms with E-state index in [1.807, 2.05) is 16.7 Å². The van der Waals surface area contributed by atoms with Crippen molar-refractivity contribution in [3.8, 4) is 0 Å². The van der Waals surface area contributed by atoms with Crippen molar-refractivity contribution in [3.63, 3.8) is 0 Å². The van der Waals surface area contributed by atoms with Gasteiger partial charge in [-0.15, -0.1) is 0 Å². The lowest BCUT2D eigenvalue weighted by molar-refractivity contribution is -0.137. The average Bonchev–Trinajstić information content (AvgIpc) is 2.93. The molecule has 2 amide bonds. The third-order valence-corrected chi connectivity index (χ3v) is 4.80. The molecule has 7 nitrogen and oxygen atoms in total. The van der Waals surface area contributed by atoms with Crippen LogP contribution in [0.25, 0.3) is 0 Å². The summed E-state index contributed by atoms with van der Waals surface area (Å²) in [7, 11) is 2.13. The predicted octanol–water partition coefficient (Wildman–Crippen LogP) is -0.279. The molecule has 2 heterocycles. The Morgan fingerprint density at radius 1 is 0.833 bits per heavy atom. The molecule has 0 aromatic heterocycles. The fourth-order valence-electron chi connectivity index (χ4n) is 3.25. The first-order chi connectivity index (χ1) is 11.6. The highest BCUT2D eigenvalue weighted by Gasteiger charge is 2.23. The van der Waals surface area contributed by atoms with Crippen molar-refractivity contribution in [2.45, 2.75) is 19.8 Å². The molecule has 0 aliphatic carbocycles. The van der Waals surface area contributed by atoms with Crippen molar-refractivity contribution in [2.75, 3.05) is 79.2 Å². The Kier molecular flexibility index (Phi) is 7.94. The third-order valence-electron chi connectivity index (χ3n) is 4.80. The zero-order valence-corrected chi connectivity index (χ0v) is 15.2. The van der Waals surface area contributed by atoms with Gasteiger partial charge in [0.25, 0.3) is 0 Å². The second-order valence-corrected chi connectivity index (χ2v) is 6.69. The SMILES string of the molecule is CCOCC(=O)N1CCCN(C(=O)CN2CCCN(C)CC2)CC1. The molecule has 0 atom stereocenters. The molecule has 2 aliphatic heterocycles. The number of nitrogens with zero attached hydrogens (tertiary/aromatic N) is 4. The van der Waals surface area contributed by atoms with Crippen LogP contribution in [-0.2, 0) is 14.3 Å². The zero-order chi connectivity index (χ0) is 17.4. The highest BCUT2D eigenvalue weighted by Crippen LogP contribution is 2.07. The first-order valence-electron chi connectivity index (χ1n) is 9.14. The van der Waals surface area contributed by atoms with Crippen LogP contribution in [0.3, 0.4) is 0 Å². The monoisotopic (exact) mass is 340 g/mol. The van der Waals surface area contributed by atoms with E-state index >= 15 is 0 Å². The van der Waals surface area contributed by atoms with Crippen LogP contribution in [0.1, 0.15) is 19.8 Å². The van der Waals surface area contributed by atoms with Crippen LogP contribution in [0, 0.1) is 0 Å². The van der Waals surface area contributed by atoms with Gasteiger partial charge in [0.1, 0.15) is 6.61 Å². The van der Waals surface area contributed by atoms with Gasteiger partial charge in [-0.3, -0.25) is 14.5 Å². The van der Waals surface area contributed by atoms with Crippen LogP contribution < -0.4 is 0 Å². The third kappa shape index (κ3) is 6.03. The number of ether oxygens (including phenoxy) is 1. The molecule has 0 aromatic rings. The molecule has 7 heteroatoms. The quantitative estimate of drug-likeness (QED) is 0.689. The number of likely N-dealkylation sites (N-methyl/N-ethyl adjacent to an activating group) is 1. The van der Waals surface area contributed by atoms with E-state index in [2.05, 4.69) is 16.8 Å². The maximum atomic E-state index is 12.6. The van der Waals surface area contributed by atoms with Crippen molar-refractivity contribution in [1.82, 2.24) is 19.6 Å². The van der Waals surface area contributed by atoms with Crippen LogP contribution in [-0.4, -0.2) is 111 Å². The van der Waals surface area contributed by atoms with Crippen molar-refractivity contribution in [3.05, 3.63) is 0 Å². The molecule has 2 rings (SSSR count). The van der Waals surface area contributed by atoms with E-state index in [1.165, 1.54) is 0 Å². The maximum Gasteiger partial charge on any atom is 0.248 e. The molecule has 0 spiro atoms. The molecule has 0 N–H and O–H groups in total. The summed E-state index contributed by atoms with van der Waals surface area (Å²) >= 11 is 0. The molecule has 0 saturated carbocycles. The highest BCUT2D eigenvalue weighted by molar-refractivity contribution is 5.79. The number of carbonyl (C=O) groups excluding carboxylic acids is 2. The van der Waals surface area contributed by atoms with Gasteiger partial charge in [0.15, 0.2) is 0 Å². The second kappa shape index (κ2) is 9.96. The minimum atomic E-state index is 0.0294. The number of amides is 2. The smallest absolute Gasteiger partial charge is 0.248 e. The Morgan fingerprint density at radius 3 is 2.21 bits per heavy atom. The summed E-state index contributed by atoms with van der Waals surface area (Å²) in [5.41, 5.74) is 0. The van der Waals surface area contributed by atoms with E-state index in [1.54, 1.807) is 0 Å². The highest BCUT2D eigenvalue weighted by atomic mass is 16.5. The van der Waals surface area contributed by atoms with Crippen molar-refractivity contribution >= 4 is 11.8 Å². The number of hydrogen-bond acceptors (Lipinski definition) is 5. The van der Waals surface area contributed by atoms with Crippen molar-refractivity contribution < 1.29 is 14.3 Å². The van der Waals surface area contributed by atoms with E-state index in [0.29, 0.717) is 32.8 Å². The van der Waals surface area contributed by atoms with Crippen LogP contribution in [0.2, 0.25) is 0 Å². The Hall–Kier alpha value is -1.18. The molecule has 138 valence electrons. The van der Waals surface area contributed by atoms with Gasteiger partial charge in [-0.05, 0) is 39.9 Å². The van der Waals surface area contributed by atoms with Gasteiger partial charge in [0, 0.05) is 45.9 Å². The molecule has 0 unspecified atom stereocenters. The van der Waals surface area contributed by atoms with Crippen molar-refractivity contribution in [1.29, 1.82) is 0 Å². The Labute approximate surface area is 145 Å². The molecule has 0 radical (unpaired) electrons. The van der Waals surface area contributed by atoms with Crippen LogP contribution in [0.5, 0.6) is 0 Å². The Morgan fingerprint density at radius 2 is 1.50 bits per heavy atom. The van der Waals surface area contributed by atoms with Crippen LogP contribution >= 0.6 is 0 Å². The molecular weight excluding hydrogens is 308 g/mol. The van der Waals surface area contributed by atoms with Crippen LogP contribution in [0.15, 0.2) is 0 Å². The molecule has 0 bridgehead atoms. The van der Waals surface area contributed by atoms with Gasteiger partial charge < -0.3 is 19.4 Å². The van der Waals surface area contributed by atoms with E-state index in [9.17, 15) is 9.59 Å². The Bertz CT molecular complexity index is 419. The van der Waals surface area contributed by atoms with Gasteiger partial charge in [-0.25, -0.2) is 0 Å². The normalized spacial score (nSPS) is 21.4. The minimum absolute atomic E-state index is 0.0294. The van der Waals surface area contributed by atoms with Crippen molar-refractivity contribution in [2.24, 2.45) is 0 Å². The summed E-state index contributed by atoms with van der Waals surface area (Å²) < 4.78 is 5.20. The lowest BCUT2D eigenvalue weighted by atomic mass is 10.3. The largest absolute Gasteiger partial charge is 0.372 e. The topological polar surface area (TPSA) is 56.3 Å². The van der Waals surface area contributed by atoms with E-state index in [4.69, 9.17) is 4.74 Å². The molecular formula is C17H32N4O3. The fraction of sp³-hybridized carbons (Fsp3) is 0.882. The molecule has 2 saturated heterocycles. The standard InChI is InChI=1S/C17H32N4O3/c1-3-24-15-17(23)21-9-5-8-20(12-13-21)16(22)14-19-7-4-6-18(2)10-11-19/h3-15H2,1-2H3. The first kappa shape index (κ1) is 19.1. The van der Waals surface area contributed by atoms with E-state index in [0.717, 1.165) is 45.6 Å². The van der Waals surface area contributed by atoms with Crippen LogP contribution in [0.4, 0.5) is 0 Å². The maximum absolute atomic E-state index is 12.6. The van der Waals surface area contributed by atoms with E-state index in [-0.39, 0.29) is 18.4 Å². The summed E-state index contributed by atoms with van der Waals surface area (Å²) in [5, 5.41) is 0. The minimum Gasteiger partial charge on any atom is -0.372 e. The lowest BCUT2D eigenvalue weighted by Gasteiger charge is -2.26. The predicted molar refractivity (Wildman–Crippen MR) is 92.8 cm³/mol. The second-order valence-electron chi connectivity index (χ2n) is 6.69. The number of rotatable bonds is 5. The molecule has 2 fully saturated rings. The summed E-state index contributed by atoms with van der Waals surface area (Å²) in [6.07, 6.45) is 1.95. The van der Waals surface area contributed by atoms with Gasteiger partial charge in [-0.1, -0.05) is 0 Å². The number of carbonyl (C=O) groups is 2. The molecule has 24 heavy (non-hydrogen) atoms. The van der Waals surface area contributed by atoms with Gasteiger partial charge in [0.2, 0.25) is 11.8 Å². The van der Waals surface area contributed by atoms with Gasteiger partial charge in [0.05, 0.1) is 6.54 Å². The zero-order valence-electron chi connectivity index (χ0n) is 15.2. The summed E-state index contributed by atoms with van der Waals surface area (Å²) in [5.74, 6) is 0.223. The summed E-state index contributed by atoms with van der Waals surface area (Å²) in [4.78, 5) is 33.0. The summed E-state index contributed by atoms with van der Waals surface area (Å²) in [6, 6.07) is 0. The Balaban J connectivity index is 1.78. The van der Waals surface area contributed by atoms with E-state index < -0.39 is 0 Å². The van der Waals surface area contributed by atoms with Gasteiger partial charge in [-0.2, -0.15) is 0 Å². The molecule has 2 aliphatic rings. The summed E-state index contributed by atoms with van der Waals surface area (Å²) in [6.45, 7) is 9.84. The lowest BCUT2D eigenvalue weighted by Crippen LogP contribution is -2.43. The van der Waals surface area contributed by atoms with Gasteiger partial charge >= 0.3 is 0 Å².